The van der Waals surface area contributed by atoms with Crippen molar-refractivity contribution in [1.29, 1.82) is 0 Å². The third-order valence-corrected chi connectivity index (χ3v) is 4.64. The van der Waals surface area contributed by atoms with Crippen LogP contribution in [-0.2, 0) is 0 Å². The smallest absolute Gasteiger partial charge is 0.151 e. The van der Waals surface area contributed by atoms with Gasteiger partial charge in [-0.3, -0.25) is 0 Å². The maximum absolute atomic E-state index is 10.6. The van der Waals surface area contributed by atoms with Crippen molar-refractivity contribution in [3.63, 3.8) is 0 Å². The van der Waals surface area contributed by atoms with Crippen molar-refractivity contribution in [3.05, 3.63) is 90.0 Å². The number of phenols is 1. The minimum Gasteiger partial charge on any atom is -0.505 e. The molecule has 0 aliphatic heterocycles. The van der Waals surface area contributed by atoms with E-state index in [9.17, 15) is 5.11 Å². The minimum absolute atomic E-state index is 0.146. The second-order valence-electron chi connectivity index (χ2n) is 6.86. The Morgan fingerprint density at radius 2 is 1.10 bits per heavy atom. The number of fused-ring (bicyclic) bond motifs is 1. The molecule has 0 heterocycles. The standard InChI is InChI=1S/C24H20N4O.C2H6/c1-16-6-9-19(10-7-16)25-26-20-11-13-21(14-12-20)27-28-22-15-8-18-5-3-4-17(2)23(18)24(22)29;1-2/h3-15,29H,1-2H3;1-2H3. The lowest BCUT2D eigenvalue weighted by atomic mass is 10.0. The molecule has 0 fully saturated rings. The van der Waals surface area contributed by atoms with Gasteiger partial charge in [0.2, 0.25) is 0 Å². The summed E-state index contributed by atoms with van der Waals surface area (Å²) in [5, 5.41) is 29.3. The van der Waals surface area contributed by atoms with Gasteiger partial charge < -0.3 is 5.11 Å². The Morgan fingerprint density at radius 1 is 0.581 bits per heavy atom. The molecular formula is C26H26N4O. The maximum Gasteiger partial charge on any atom is 0.151 e. The molecule has 5 heteroatoms. The van der Waals surface area contributed by atoms with Crippen LogP contribution in [0.4, 0.5) is 22.7 Å². The van der Waals surface area contributed by atoms with Gasteiger partial charge in [0.05, 0.1) is 17.1 Å². The predicted molar refractivity (Wildman–Crippen MR) is 128 cm³/mol. The number of benzene rings is 4. The molecule has 0 atom stereocenters. The van der Waals surface area contributed by atoms with Gasteiger partial charge in [-0.25, -0.2) is 0 Å². The summed E-state index contributed by atoms with van der Waals surface area (Å²) in [6.07, 6.45) is 0. The van der Waals surface area contributed by atoms with Gasteiger partial charge in [0, 0.05) is 5.39 Å². The normalized spacial score (nSPS) is 11.1. The van der Waals surface area contributed by atoms with Crippen molar-refractivity contribution < 1.29 is 5.11 Å². The number of hydrogen-bond donors (Lipinski definition) is 1. The maximum atomic E-state index is 10.6. The lowest BCUT2D eigenvalue weighted by Crippen LogP contribution is -1.79. The van der Waals surface area contributed by atoms with Crippen LogP contribution in [0.1, 0.15) is 25.0 Å². The Hall–Kier alpha value is -3.86. The summed E-state index contributed by atoms with van der Waals surface area (Å²) >= 11 is 0. The summed E-state index contributed by atoms with van der Waals surface area (Å²) in [5.74, 6) is 0.146. The van der Waals surface area contributed by atoms with E-state index in [1.165, 1.54) is 5.56 Å². The molecule has 0 aromatic heterocycles. The number of aromatic hydroxyl groups is 1. The molecule has 0 radical (unpaired) electrons. The Morgan fingerprint density at radius 3 is 1.68 bits per heavy atom. The third kappa shape index (κ3) is 5.39. The fourth-order valence-electron chi connectivity index (χ4n) is 3.03. The first kappa shape index (κ1) is 21.8. The van der Waals surface area contributed by atoms with Crippen LogP contribution < -0.4 is 0 Å². The van der Waals surface area contributed by atoms with Crippen LogP contribution in [0.15, 0.2) is 99.3 Å². The Bertz CT molecular complexity index is 1210. The summed E-state index contributed by atoms with van der Waals surface area (Å²) < 4.78 is 0. The van der Waals surface area contributed by atoms with Crippen LogP contribution in [0.5, 0.6) is 5.75 Å². The van der Waals surface area contributed by atoms with Crippen LogP contribution >= 0.6 is 0 Å². The molecule has 1 N–H and O–H groups in total. The monoisotopic (exact) mass is 410 g/mol. The van der Waals surface area contributed by atoms with Crippen LogP contribution in [0.3, 0.4) is 0 Å². The second kappa shape index (κ2) is 10.3. The average Bonchev–Trinajstić information content (AvgIpc) is 2.80. The van der Waals surface area contributed by atoms with E-state index >= 15 is 0 Å². The van der Waals surface area contributed by atoms with Crippen molar-refractivity contribution >= 4 is 33.5 Å². The third-order valence-electron chi connectivity index (χ3n) is 4.64. The second-order valence-corrected chi connectivity index (χ2v) is 6.86. The highest BCUT2D eigenvalue weighted by Crippen LogP contribution is 2.37. The van der Waals surface area contributed by atoms with Gasteiger partial charge >= 0.3 is 0 Å². The minimum atomic E-state index is 0.146. The molecular weight excluding hydrogens is 384 g/mol. The zero-order valence-corrected chi connectivity index (χ0v) is 18.2. The van der Waals surface area contributed by atoms with Crippen molar-refractivity contribution in [2.24, 2.45) is 20.5 Å². The van der Waals surface area contributed by atoms with Crippen molar-refractivity contribution in [2.75, 3.05) is 0 Å². The Kier molecular flexibility index (Phi) is 7.22. The number of azo groups is 2. The predicted octanol–water partition coefficient (Wildman–Crippen LogP) is 9.02. The molecule has 5 nitrogen and oxygen atoms in total. The molecule has 4 aromatic rings. The van der Waals surface area contributed by atoms with Gasteiger partial charge in [0.1, 0.15) is 5.69 Å². The van der Waals surface area contributed by atoms with E-state index in [2.05, 4.69) is 20.5 Å². The van der Waals surface area contributed by atoms with Crippen LogP contribution in [-0.4, -0.2) is 5.11 Å². The van der Waals surface area contributed by atoms with Gasteiger partial charge in [-0.2, -0.15) is 15.3 Å². The van der Waals surface area contributed by atoms with E-state index < -0.39 is 0 Å². The van der Waals surface area contributed by atoms with Gasteiger partial charge in [0.25, 0.3) is 0 Å². The summed E-state index contributed by atoms with van der Waals surface area (Å²) in [6.45, 7) is 8.00. The number of hydrogen-bond acceptors (Lipinski definition) is 5. The molecule has 4 rings (SSSR count). The summed E-state index contributed by atoms with van der Waals surface area (Å²) in [6, 6.07) is 24.8. The average molecular weight is 411 g/mol. The van der Waals surface area contributed by atoms with E-state index in [1.807, 2.05) is 100 Å². The highest BCUT2D eigenvalue weighted by molar-refractivity contribution is 5.94. The summed E-state index contributed by atoms with van der Waals surface area (Å²) in [4.78, 5) is 0. The van der Waals surface area contributed by atoms with Crippen LogP contribution in [0, 0.1) is 13.8 Å². The first-order valence-electron chi connectivity index (χ1n) is 10.3. The Balaban J connectivity index is 0.00000132. The van der Waals surface area contributed by atoms with Gasteiger partial charge in [-0.05, 0) is 67.3 Å². The number of aryl methyl sites for hydroxylation is 2. The van der Waals surface area contributed by atoms with Crippen LogP contribution in [0.2, 0.25) is 0 Å². The first-order chi connectivity index (χ1) is 15.1. The summed E-state index contributed by atoms with van der Waals surface area (Å²) in [7, 11) is 0. The summed E-state index contributed by atoms with van der Waals surface area (Å²) in [5.41, 5.74) is 4.83. The van der Waals surface area contributed by atoms with E-state index in [1.54, 1.807) is 6.07 Å². The highest BCUT2D eigenvalue weighted by Gasteiger charge is 2.08. The van der Waals surface area contributed by atoms with Crippen molar-refractivity contribution in [3.8, 4) is 5.75 Å². The topological polar surface area (TPSA) is 69.7 Å². The lowest BCUT2D eigenvalue weighted by Gasteiger charge is -2.06. The molecule has 0 bridgehead atoms. The molecule has 0 aliphatic rings. The largest absolute Gasteiger partial charge is 0.505 e. The molecule has 0 unspecified atom stereocenters. The first-order valence-corrected chi connectivity index (χ1v) is 10.3. The number of phenolic OH excluding ortho intramolecular Hbond substituents is 1. The van der Waals surface area contributed by atoms with E-state index in [-0.39, 0.29) is 5.75 Å². The molecule has 31 heavy (non-hydrogen) atoms. The Labute approximate surface area is 182 Å². The van der Waals surface area contributed by atoms with Crippen LogP contribution in [0.25, 0.3) is 10.8 Å². The fraction of sp³-hybridized carbons (Fsp3) is 0.154. The molecule has 0 saturated heterocycles. The lowest BCUT2D eigenvalue weighted by molar-refractivity contribution is 0.482. The molecule has 0 saturated carbocycles. The zero-order chi connectivity index (χ0) is 22.2. The van der Waals surface area contributed by atoms with E-state index in [0.29, 0.717) is 11.4 Å². The molecule has 0 amide bonds. The van der Waals surface area contributed by atoms with Gasteiger partial charge in [-0.15, -0.1) is 5.11 Å². The molecule has 156 valence electrons. The number of nitrogens with zero attached hydrogens (tertiary/aromatic N) is 4. The highest BCUT2D eigenvalue weighted by atomic mass is 16.3. The van der Waals surface area contributed by atoms with Gasteiger partial charge in [0.15, 0.2) is 5.75 Å². The SMILES string of the molecule is CC.Cc1ccc(N=Nc2ccc(N=Nc3ccc4cccc(C)c4c3O)cc2)cc1. The molecule has 0 aliphatic carbocycles. The number of rotatable bonds is 4. The molecule has 0 spiro atoms. The van der Waals surface area contributed by atoms with Crippen molar-refractivity contribution in [1.82, 2.24) is 0 Å². The quantitative estimate of drug-likeness (QED) is 0.335. The van der Waals surface area contributed by atoms with Gasteiger partial charge in [-0.1, -0.05) is 55.8 Å². The molecule has 4 aromatic carbocycles. The van der Waals surface area contributed by atoms with E-state index in [4.69, 9.17) is 0 Å². The van der Waals surface area contributed by atoms with E-state index in [0.717, 1.165) is 27.7 Å². The van der Waals surface area contributed by atoms with Crippen molar-refractivity contribution in [2.45, 2.75) is 27.7 Å². The zero-order valence-electron chi connectivity index (χ0n) is 18.2. The fourth-order valence-corrected chi connectivity index (χ4v) is 3.03.